The zero-order valence-corrected chi connectivity index (χ0v) is 17.8. The molecule has 0 rings (SSSR count). The molecule has 0 aliphatic rings. The van der Waals surface area contributed by atoms with Gasteiger partial charge in [0.2, 0.25) is 0 Å². The zero-order valence-electron chi connectivity index (χ0n) is 17.8. The third-order valence-corrected chi connectivity index (χ3v) is 5.67. The average Bonchev–Trinajstić information content (AvgIpc) is 2.66. The molecule has 0 aromatic rings. The lowest BCUT2D eigenvalue weighted by atomic mass is 9.87. The molecule has 3 heteroatoms. The smallest absolute Gasteiger partial charge is 0.103 e. The molecule has 0 amide bonds. The molecule has 0 aliphatic carbocycles. The van der Waals surface area contributed by atoms with Crippen LogP contribution in [0.2, 0.25) is 0 Å². The molecule has 3 atom stereocenters. The van der Waals surface area contributed by atoms with Crippen molar-refractivity contribution >= 4 is 0 Å². The fourth-order valence-corrected chi connectivity index (χ4v) is 3.81. The van der Waals surface area contributed by atoms with Gasteiger partial charge in [-0.3, -0.25) is 0 Å². The van der Waals surface area contributed by atoms with Crippen LogP contribution in [0.15, 0.2) is 0 Å². The van der Waals surface area contributed by atoms with Crippen molar-refractivity contribution in [3.05, 3.63) is 0 Å². The Morgan fingerprint density at radius 3 is 1.23 bits per heavy atom. The Labute approximate surface area is 163 Å². The van der Waals surface area contributed by atoms with Gasteiger partial charge >= 0.3 is 0 Å². The van der Waals surface area contributed by atoms with Crippen LogP contribution >= 0.6 is 0 Å². The maximum atomic E-state index is 10.3. The lowest BCUT2D eigenvalue weighted by molar-refractivity contribution is -0.0475. The van der Waals surface area contributed by atoms with Crippen molar-refractivity contribution in [2.24, 2.45) is 5.92 Å². The lowest BCUT2D eigenvalue weighted by Crippen LogP contribution is -2.36. The summed E-state index contributed by atoms with van der Waals surface area (Å²) in [5, 5.41) is 29.3. The van der Waals surface area contributed by atoms with Crippen molar-refractivity contribution in [3.63, 3.8) is 0 Å². The summed E-state index contributed by atoms with van der Waals surface area (Å²) in [6.45, 7) is 4.14. The summed E-state index contributed by atoms with van der Waals surface area (Å²) in [5.41, 5.74) is 0. The Morgan fingerprint density at radius 1 is 0.538 bits per heavy atom. The van der Waals surface area contributed by atoms with E-state index in [0.29, 0.717) is 0 Å². The molecular formula is C23H48O3. The molecular weight excluding hydrogens is 324 g/mol. The lowest BCUT2D eigenvalue weighted by Gasteiger charge is -2.26. The molecule has 0 saturated heterocycles. The van der Waals surface area contributed by atoms with Gasteiger partial charge in [0.1, 0.15) is 6.10 Å². The van der Waals surface area contributed by atoms with Crippen LogP contribution in [-0.4, -0.2) is 34.1 Å². The van der Waals surface area contributed by atoms with Crippen molar-refractivity contribution < 1.29 is 15.3 Å². The first-order valence-electron chi connectivity index (χ1n) is 11.6. The van der Waals surface area contributed by atoms with E-state index in [9.17, 15) is 10.2 Å². The van der Waals surface area contributed by atoms with E-state index < -0.39 is 12.2 Å². The number of aliphatic hydroxyl groups is 3. The molecule has 0 radical (unpaired) electrons. The van der Waals surface area contributed by atoms with Crippen LogP contribution in [0, 0.1) is 5.92 Å². The highest BCUT2D eigenvalue weighted by Gasteiger charge is 2.25. The maximum Gasteiger partial charge on any atom is 0.103 e. The van der Waals surface area contributed by atoms with Gasteiger partial charge in [0.05, 0.1) is 12.7 Å². The van der Waals surface area contributed by atoms with Gasteiger partial charge in [-0.05, 0) is 18.8 Å². The normalized spacial score (nSPS) is 15.1. The predicted molar refractivity (Wildman–Crippen MR) is 112 cm³/mol. The van der Waals surface area contributed by atoms with E-state index in [1.54, 1.807) is 0 Å². The van der Waals surface area contributed by atoms with E-state index in [1.807, 2.05) is 0 Å². The van der Waals surface area contributed by atoms with Gasteiger partial charge in [0.15, 0.2) is 0 Å². The second-order valence-corrected chi connectivity index (χ2v) is 8.17. The monoisotopic (exact) mass is 372 g/mol. The highest BCUT2D eigenvalue weighted by Crippen LogP contribution is 2.24. The summed E-state index contributed by atoms with van der Waals surface area (Å²) in [7, 11) is 0. The average molecular weight is 373 g/mol. The fourth-order valence-electron chi connectivity index (χ4n) is 3.81. The summed E-state index contributed by atoms with van der Waals surface area (Å²) >= 11 is 0. The van der Waals surface area contributed by atoms with Gasteiger partial charge in [0, 0.05) is 0 Å². The van der Waals surface area contributed by atoms with Gasteiger partial charge < -0.3 is 15.3 Å². The first-order chi connectivity index (χ1) is 12.7. The minimum Gasteiger partial charge on any atom is -0.394 e. The van der Waals surface area contributed by atoms with Crippen molar-refractivity contribution in [1.29, 1.82) is 0 Å². The first-order valence-corrected chi connectivity index (χ1v) is 11.6. The fraction of sp³-hybridized carbons (Fsp3) is 1.00. The molecule has 0 aliphatic heterocycles. The topological polar surface area (TPSA) is 60.7 Å². The van der Waals surface area contributed by atoms with Gasteiger partial charge in [-0.25, -0.2) is 0 Å². The van der Waals surface area contributed by atoms with E-state index in [0.717, 1.165) is 25.7 Å². The Hall–Kier alpha value is -0.120. The minimum atomic E-state index is -0.987. The summed E-state index contributed by atoms with van der Waals surface area (Å²) in [4.78, 5) is 0. The second kappa shape index (κ2) is 19.6. The number of rotatable bonds is 20. The molecule has 0 heterocycles. The van der Waals surface area contributed by atoms with E-state index in [1.165, 1.54) is 83.5 Å². The summed E-state index contributed by atoms with van der Waals surface area (Å²) < 4.78 is 0. The SMILES string of the molecule is CCCCCCCCCCCC(CCCCCCCC)C(O)C(O)CO. The minimum absolute atomic E-state index is 0.132. The molecule has 0 spiro atoms. The van der Waals surface area contributed by atoms with Crippen LogP contribution in [0.25, 0.3) is 0 Å². The van der Waals surface area contributed by atoms with Crippen LogP contribution < -0.4 is 0 Å². The number of aliphatic hydroxyl groups excluding tert-OH is 3. The van der Waals surface area contributed by atoms with E-state index in [4.69, 9.17) is 5.11 Å². The number of hydrogen-bond donors (Lipinski definition) is 3. The first kappa shape index (κ1) is 25.9. The van der Waals surface area contributed by atoms with E-state index in [-0.39, 0.29) is 12.5 Å². The maximum absolute atomic E-state index is 10.3. The molecule has 3 nitrogen and oxygen atoms in total. The second-order valence-electron chi connectivity index (χ2n) is 8.17. The highest BCUT2D eigenvalue weighted by atomic mass is 16.4. The molecule has 3 N–H and O–H groups in total. The molecule has 158 valence electrons. The molecule has 0 bridgehead atoms. The van der Waals surface area contributed by atoms with Crippen LogP contribution in [0.4, 0.5) is 0 Å². The molecule has 26 heavy (non-hydrogen) atoms. The van der Waals surface area contributed by atoms with Crippen molar-refractivity contribution in [3.8, 4) is 0 Å². The Balaban J connectivity index is 3.90. The van der Waals surface area contributed by atoms with Crippen molar-refractivity contribution in [2.75, 3.05) is 6.61 Å². The summed E-state index contributed by atoms with van der Waals surface area (Å²) in [6, 6.07) is 0. The summed E-state index contributed by atoms with van der Waals surface area (Å²) in [5.74, 6) is 0.132. The van der Waals surface area contributed by atoms with Crippen molar-refractivity contribution in [2.45, 2.75) is 135 Å². The molecule has 0 aromatic heterocycles. The van der Waals surface area contributed by atoms with Gasteiger partial charge in [-0.15, -0.1) is 0 Å². The standard InChI is InChI=1S/C23H48O3/c1-3-5-7-9-11-12-13-15-17-19-21(23(26)22(25)20-24)18-16-14-10-8-6-4-2/h21-26H,3-20H2,1-2H3. The van der Waals surface area contributed by atoms with E-state index in [2.05, 4.69) is 13.8 Å². The van der Waals surface area contributed by atoms with Crippen LogP contribution in [0.1, 0.15) is 123 Å². The molecule has 3 unspecified atom stereocenters. The molecule has 0 saturated carbocycles. The quantitative estimate of drug-likeness (QED) is 0.230. The van der Waals surface area contributed by atoms with Gasteiger partial charge in [0.25, 0.3) is 0 Å². The van der Waals surface area contributed by atoms with Crippen LogP contribution in [0.3, 0.4) is 0 Å². The van der Waals surface area contributed by atoms with Gasteiger partial charge in [-0.1, -0.05) is 110 Å². The van der Waals surface area contributed by atoms with Gasteiger partial charge in [-0.2, -0.15) is 0 Å². The Kier molecular flexibility index (Phi) is 19.5. The van der Waals surface area contributed by atoms with E-state index >= 15 is 0 Å². The molecule has 0 aromatic carbocycles. The third-order valence-electron chi connectivity index (χ3n) is 5.67. The van der Waals surface area contributed by atoms with Crippen LogP contribution in [-0.2, 0) is 0 Å². The largest absolute Gasteiger partial charge is 0.394 e. The predicted octanol–water partition coefficient (Wildman–Crippen LogP) is 5.99. The molecule has 0 fully saturated rings. The highest BCUT2D eigenvalue weighted by molar-refractivity contribution is 4.76. The summed E-state index contributed by atoms with van der Waals surface area (Å²) in [6.07, 6.45) is 19.4. The Bertz CT molecular complexity index is 270. The number of hydrogen-bond acceptors (Lipinski definition) is 3. The van der Waals surface area contributed by atoms with Crippen molar-refractivity contribution in [1.82, 2.24) is 0 Å². The number of unbranched alkanes of at least 4 members (excludes halogenated alkanes) is 13. The third kappa shape index (κ3) is 15.0. The Morgan fingerprint density at radius 2 is 0.885 bits per heavy atom. The van der Waals surface area contributed by atoms with Crippen LogP contribution in [0.5, 0.6) is 0 Å². The zero-order chi connectivity index (χ0) is 19.5.